The van der Waals surface area contributed by atoms with Crippen LogP contribution in [0.1, 0.15) is 26.2 Å². The number of unbranched alkanes of at least 4 members (excludes halogenated alkanes) is 2. The predicted octanol–water partition coefficient (Wildman–Crippen LogP) is 2.02. The summed E-state index contributed by atoms with van der Waals surface area (Å²) in [6, 6.07) is 3.58. The van der Waals surface area contributed by atoms with E-state index < -0.39 is 0 Å². The van der Waals surface area contributed by atoms with Crippen LogP contribution in [0.3, 0.4) is 0 Å². The van der Waals surface area contributed by atoms with Crippen molar-refractivity contribution in [2.24, 2.45) is 0 Å². The molecule has 0 aliphatic rings. The van der Waals surface area contributed by atoms with Crippen LogP contribution >= 0.6 is 0 Å². The summed E-state index contributed by atoms with van der Waals surface area (Å²) in [6.07, 6.45) is 4.78. The van der Waals surface area contributed by atoms with Gasteiger partial charge in [0.2, 0.25) is 0 Å². The summed E-state index contributed by atoms with van der Waals surface area (Å²) in [5, 5.41) is 6.42. The zero-order valence-electron chi connectivity index (χ0n) is 9.27. The highest BCUT2D eigenvalue weighted by atomic mass is 16.3. The molecule has 2 rings (SSSR count). The Bertz CT molecular complexity index is 482. The highest BCUT2D eigenvalue weighted by Gasteiger charge is 2.11. The fourth-order valence-electron chi connectivity index (χ4n) is 1.64. The molecule has 0 saturated heterocycles. The second kappa shape index (κ2) is 4.83. The molecule has 0 atom stereocenters. The number of hydrogen-bond donors (Lipinski definition) is 1. The molecule has 5 nitrogen and oxygen atoms in total. The molecule has 2 aromatic heterocycles. The summed E-state index contributed by atoms with van der Waals surface area (Å²) < 4.78 is 6.86. The molecular formula is C11H15N3O2. The van der Waals surface area contributed by atoms with Crippen LogP contribution in [0.2, 0.25) is 0 Å². The van der Waals surface area contributed by atoms with Gasteiger partial charge in [0.25, 0.3) is 0 Å². The number of nitrogens with one attached hydrogen (secondary N) is 1. The van der Waals surface area contributed by atoms with Gasteiger partial charge in [-0.15, -0.1) is 5.10 Å². The summed E-state index contributed by atoms with van der Waals surface area (Å²) in [7, 11) is 0. The van der Waals surface area contributed by atoms with Crippen molar-refractivity contribution in [2.45, 2.75) is 32.7 Å². The molecular weight excluding hydrogens is 206 g/mol. The van der Waals surface area contributed by atoms with E-state index in [1.807, 2.05) is 0 Å². The third kappa shape index (κ3) is 2.08. The van der Waals surface area contributed by atoms with E-state index in [9.17, 15) is 4.79 Å². The minimum atomic E-state index is -0.178. The summed E-state index contributed by atoms with van der Waals surface area (Å²) >= 11 is 0. The highest BCUT2D eigenvalue weighted by Crippen LogP contribution is 2.15. The van der Waals surface area contributed by atoms with Crippen LogP contribution in [0.4, 0.5) is 0 Å². The van der Waals surface area contributed by atoms with Gasteiger partial charge in [0, 0.05) is 6.54 Å². The highest BCUT2D eigenvalue weighted by molar-refractivity contribution is 5.45. The molecule has 0 unspecified atom stereocenters. The molecule has 1 N–H and O–H groups in total. The largest absolute Gasteiger partial charge is 0.461 e. The number of furan rings is 1. The van der Waals surface area contributed by atoms with Gasteiger partial charge in [-0.05, 0) is 18.6 Å². The van der Waals surface area contributed by atoms with Crippen LogP contribution in [-0.2, 0) is 6.54 Å². The van der Waals surface area contributed by atoms with Crippen LogP contribution in [-0.4, -0.2) is 14.8 Å². The van der Waals surface area contributed by atoms with Crippen molar-refractivity contribution in [2.75, 3.05) is 0 Å². The van der Waals surface area contributed by atoms with Crippen LogP contribution in [0.15, 0.2) is 27.6 Å². The Hall–Kier alpha value is -1.78. The molecule has 0 saturated carbocycles. The van der Waals surface area contributed by atoms with Gasteiger partial charge in [0.05, 0.1) is 6.26 Å². The van der Waals surface area contributed by atoms with Crippen LogP contribution < -0.4 is 5.69 Å². The molecule has 0 aromatic carbocycles. The second-order valence-electron chi connectivity index (χ2n) is 3.69. The summed E-state index contributed by atoms with van der Waals surface area (Å²) in [5.74, 6) is 1.20. The van der Waals surface area contributed by atoms with Crippen LogP contribution in [0.5, 0.6) is 0 Å². The minimum absolute atomic E-state index is 0.178. The molecule has 0 aliphatic heterocycles. The van der Waals surface area contributed by atoms with Crippen LogP contribution in [0.25, 0.3) is 11.6 Å². The second-order valence-corrected chi connectivity index (χ2v) is 3.69. The number of rotatable bonds is 5. The maximum Gasteiger partial charge on any atom is 0.343 e. The molecule has 0 amide bonds. The molecule has 16 heavy (non-hydrogen) atoms. The number of aromatic nitrogens is 3. The SMILES string of the molecule is CCCCCn1c(-c2ccco2)n[nH]c1=O. The fourth-order valence-corrected chi connectivity index (χ4v) is 1.64. The lowest BCUT2D eigenvalue weighted by molar-refractivity contribution is 0.553. The molecule has 86 valence electrons. The molecule has 5 heteroatoms. The average molecular weight is 221 g/mol. The van der Waals surface area contributed by atoms with E-state index >= 15 is 0 Å². The first-order valence-corrected chi connectivity index (χ1v) is 5.52. The lowest BCUT2D eigenvalue weighted by Crippen LogP contribution is -2.17. The van der Waals surface area contributed by atoms with E-state index in [-0.39, 0.29) is 5.69 Å². The molecule has 0 spiro atoms. The molecule has 0 radical (unpaired) electrons. The molecule has 0 fully saturated rings. The first-order chi connectivity index (χ1) is 7.83. The van der Waals surface area contributed by atoms with Gasteiger partial charge in [-0.1, -0.05) is 19.8 Å². The van der Waals surface area contributed by atoms with Gasteiger partial charge in [0.1, 0.15) is 0 Å². The van der Waals surface area contributed by atoms with Crippen molar-refractivity contribution in [3.63, 3.8) is 0 Å². The smallest absolute Gasteiger partial charge is 0.343 e. The van der Waals surface area contributed by atoms with Crippen molar-refractivity contribution in [1.29, 1.82) is 0 Å². The first kappa shape index (κ1) is 10.7. The molecule has 2 aromatic rings. The van der Waals surface area contributed by atoms with Crippen molar-refractivity contribution in [3.05, 3.63) is 28.9 Å². The normalized spacial score (nSPS) is 10.8. The van der Waals surface area contributed by atoms with Gasteiger partial charge in [0.15, 0.2) is 11.6 Å². The monoisotopic (exact) mass is 221 g/mol. The Labute approximate surface area is 93.1 Å². The Morgan fingerprint density at radius 2 is 2.38 bits per heavy atom. The zero-order valence-corrected chi connectivity index (χ0v) is 9.27. The summed E-state index contributed by atoms with van der Waals surface area (Å²) in [4.78, 5) is 11.5. The van der Waals surface area contributed by atoms with E-state index in [1.54, 1.807) is 23.0 Å². The van der Waals surface area contributed by atoms with Crippen molar-refractivity contribution in [3.8, 4) is 11.6 Å². The Balaban J connectivity index is 2.23. The van der Waals surface area contributed by atoms with Crippen molar-refractivity contribution < 1.29 is 4.42 Å². The average Bonchev–Trinajstić information content (AvgIpc) is 2.89. The van der Waals surface area contributed by atoms with E-state index in [0.29, 0.717) is 18.1 Å². The number of H-pyrrole nitrogens is 1. The quantitative estimate of drug-likeness (QED) is 0.785. The Morgan fingerprint density at radius 1 is 1.50 bits per heavy atom. The maximum atomic E-state index is 11.5. The van der Waals surface area contributed by atoms with Crippen molar-refractivity contribution >= 4 is 0 Å². The fraction of sp³-hybridized carbons (Fsp3) is 0.455. The van der Waals surface area contributed by atoms with Gasteiger partial charge in [-0.25, -0.2) is 9.89 Å². The zero-order chi connectivity index (χ0) is 11.4. The van der Waals surface area contributed by atoms with Crippen molar-refractivity contribution in [1.82, 2.24) is 14.8 Å². The number of hydrogen-bond acceptors (Lipinski definition) is 3. The van der Waals surface area contributed by atoms with E-state index in [4.69, 9.17) is 4.42 Å². The van der Waals surface area contributed by atoms with Gasteiger partial charge >= 0.3 is 5.69 Å². The first-order valence-electron chi connectivity index (χ1n) is 5.52. The lowest BCUT2D eigenvalue weighted by atomic mass is 10.2. The number of nitrogens with zero attached hydrogens (tertiary/aromatic N) is 2. The topological polar surface area (TPSA) is 63.8 Å². The summed E-state index contributed by atoms with van der Waals surface area (Å²) in [6.45, 7) is 2.81. The maximum absolute atomic E-state index is 11.5. The third-order valence-corrected chi connectivity index (χ3v) is 2.49. The Morgan fingerprint density at radius 3 is 3.06 bits per heavy atom. The predicted molar refractivity (Wildman–Crippen MR) is 60.1 cm³/mol. The van der Waals surface area contributed by atoms with Gasteiger partial charge in [-0.3, -0.25) is 4.57 Å². The lowest BCUT2D eigenvalue weighted by Gasteiger charge is -2.02. The molecule has 2 heterocycles. The molecule has 0 aliphatic carbocycles. The summed E-state index contributed by atoms with van der Waals surface area (Å²) in [5.41, 5.74) is -0.178. The number of aromatic amines is 1. The van der Waals surface area contributed by atoms with E-state index in [1.165, 1.54) is 0 Å². The Kier molecular flexibility index (Phi) is 3.24. The van der Waals surface area contributed by atoms with E-state index in [2.05, 4.69) is 17.1 Å². The third-order valence-electron chi connectivity index (χ3n) is 2.49. The van der Waals surface area contributed by atoms with Crippen LogP contribution in [0, 0.1) is 0 Å². The van der Waals surface area contributed by atoms with E-state index in [0.717, 1.165) is 19.3 Å². The minimum Gasteiger partial charge on any atom is -0.461 e. The standard InChI is InChI=1S/C11H15N3O2/c1-2-3-4-7-14-10(12-13-11(14)15)9-6-5-8-16-9/h5-6,8H,2-4,7H2,1H3,(H,13,15). The van der Waals surface area contributed by atoms with Gasteiger partial charge in [-0.2, -0.15) is 0 Å². The van der Waals surface area contributed by atoms with Gasteiger partial charge < -0.3 is 4.42 Å². The molecule has 0 bridgehead atoms.